The molecule has 0 atom stereocenters. The van der Waals surface area contributed by atoms with Crippen LogP contribution in [-0.2, 0) is 6.42 Å². The number of hydrogen-bond acceptors (Lipinski definition) is 1. The Morgan fingerprint density at radius 1 is 1.12 bits per heavy atom. The molecule has 1 aromatic carbocycles. The quantitative estimate of drug-likeness (QED) is 0.745. The van der Waals surface area contributed by atoms with Gasteiger partial charge in [0.2, 0.25) is 0 Å². The lowest BCUT2D eigenvalue weighted by Crippen LogP contribution is -2.32. The Morgan fingerprint density at radius 3 is 2.29 bits per heavy atom. The van der Waals surface area contributed by atoms with Gasteiger partial charge >= 0.3 is 6.18 Å². The van der Waals surface area contributed by atoms with Gasteiger partial charge < -0.3 is 0 Å². The third-order valence-electron chi connectivity index (χ3n) is 2.22. The maximum atomic E-state index is 12.8. The van der Waals surface area contributed by atoms with E-state index in [1.807, 2.05) is 0 Å². The van der Waals surface area contributed by atoms with Gasteiger partial charge in [-0.15, -0.1) is 0 Å². The maximum absolute atomic E-state index is 12.8. The second-order valence-electron chi connectivity index (χ2n) is 3.85. The predicted octanol–water partition coefficient (Wildman–Crippen LogP) is 3.00. The van der Waals surface area contributed by atoms with Crippen LogP contribution in [0.3, 0.4) is 0 Å². The second-order valence-corrected chi connectivity index (χ2v) is 3.85. The van der Waals surface area contributed by atoms with Gasteiger partial charge in [0.05, 0.1) is 6.54 Å². The van der Waals surface area contributed by atoms with Crippen LogP contribution < -0.4 is 0 Å². The number of halogens is 5. The van der Waals surface area contributed by atoms with E-state index in [1.54, 1.807) is 0 Å². The molecule has 1 aromatic rings. The maximum Gasteiger partial charge on any atom is 0.401 e. The first-order chi connectivity index (χ1) is 7.78. The molecule has 0 aliphatic carbocycles. The normalized spacial score (nSPS) is 12.2. The van der Waals surface area contributed by atoms with Crippen LogP contribution in [0, 0.1) is 11.6 Å². The molecule has 6 heteroatoms. The van der Waals surface area contributed by atoms with Crippen molar-refractivity contribution in [3.8, 4) is 0 Å². The van der Waals surface area contributed by atoms with Crippen molar-refractivity contribution in [3.05, 3.63) is 35.4 Å². The summed E-state index contributed by atoms with van der Waals surface area (Å²) in [4.78, 5) is 1.08. The Balaban J connectivity index is 2.47. The zero-order chi connectivity index (χ0) is 13.1. The Kier molecular flexibility index (Phi) is 4.45. The van der Waals surface area contributed by atoms with Crippen molar-refractivity contribution in [3.63, 3.8) is 0 Å². The van der Waals surface area contributed by atoms with Gasteiger partial charge in [-0.25, -0.2) is 8.78 Å². The minimum atomic E-state index is -4.25. The highest BCUT2D eigenvalue weighted by atomic mass is 19.4. The third kappa shape index (κ3) is 5.12. The van der Waals surface area contributed by atoms with Crippen LogP contribution in [0.25, 0.3) is 0 Å². The van der Waals surface area contributed by atoms with Gasteiger partial charge in [-0.3, -0.25) is 4.90 Å². The Hall–Kier alpha value is -1.17. The molecule has 1 rings (SSSR count). The summed E-state index contributed by atoms with van der Waals surface area (Å²) in [6.07, 6.45) is -4.01. The summed E-state index contributed by atoms with van der Waals surface area (Å²) in [5.41, 5.74) is 0.470. The molecule has 0 radical (unpaired) electrons. The largest absolute Gasteiger partial charge is 0.401 e. The van der Waals surface area contributed by atoms with Crippen LogP contribution in [0.5, 0.6) is 0 Å². The molecule has 0 saturated heterocycles. The molecule has 0 amide bonds. The fraction of sp³-hybridized carbons (Fsp3) is 0.455. The fourth-order valence-electron chi connectivity index (χ4n) is 1.40. The summed E-state index contributed by atoms with van der Waals surface area (Å²) < 4.78 is 61.4. The molecule has 96 valence electrons. The van der Waals surface area contributed by atoms with E-state index in [1.165, 1.54) is 13.1 Å². The van der Waals surface area contributed by atoms with Gasteiger partial charge in [-0.1, -0.05) is 6.07 Å². The molecule has 0 heterocycles. The topological polar surface area (TPSA) is 3.24 Å². The number of rotatable bonds is 4. The molecule has 0 spiro atoms. The van der Waals surface area contributed by atoms with E-state index in [2.05, 4.69) is 0 Å². The fourth-order valence-corrected chi connectivity index (χ4v) is 1.40. The highest BCUT2D eigenvalue weighted by Gasteiger charge is 2.28. The van der Waals surface area contributed by atoms with E-state index in [0.29, 0.717) is 5.56 Å². The van der Waals surface area contributed by atoms with E-state index in [-0.39, 0.29) is 13.0 Å². The minimum Gasteiger partial charge on any atom is -0.298 e. The lowest BCUT2D eigenvalue weighted by molar-refractivity contribution is -0.142. The molecule has 0 bridgehead atoms. The first-order valence-electron chi connectivity index (χ1n) is 4.97. The minimum absolute atomic E-state index is 0.130. The predicted molar refractivity (Wildman–Crippen MR) is 53.6 cm³/mol. The summed E-state index contributed by atoms with van der Waals surface area (Å²) in [6, 6.07) is 3.32. The van der Waals surface area contributed by atoms with Crippen molar-refractivity contribution in [2.24, 2.45) is 0 Å². The summed E-state index contributed by atoms with van der Waals surface area (Å²) in [6.45, 7) is -0.888. The Bertz CT molecular complexity index is 375. The molecule has 0 aliphatic rings. The highest BCUT2D eigenvalue weighted by molar-refractivity contribution is 5.18. The standard InChI is InChI=1S/C11H12F5N/c1-17(7-11(14,15)16)5-4-8-2-3-9(12)10(13)6-8/h2-3,6H,4-5,7H2,1H3. The van der Waals surface area contributed by atoms with E-state index in [9.17, 15) is 22.0 Å². The summed E-state index contributed by atoms with van der Waals surface area (Å²) in [5, 5.41) is 0. The lowest BCUT2D eigenvalue weighted by Gasteiger charge is -2.18. The smallest absolute Gasteiger partial charge is 0.298 e. The number of alkyl halides is 3. The van der Waals surface area contributed by atoms with Gasteiger partial charge in [-0.2, -0.15) is 13.2 Å². The molecule has 0 unspecified atom stereocenters. The monoisotopic (exact) mass is 253 g/mol. The van der Waals surface area contributed by atoms with Crippen molar-refractivity contribution in [2.45, 2.75) is 12.6 Å². The molecule has 1 nitrogen and oxygen atoms in total. The highest BCUT2D eigenvalue weighted by Crippen LogP contribution is 2.16. The second kappa shape index (κ2) is 5.44. The van der Waals surface area contributed by atoms with Crippen molar-refractivity contribution >= 4 is 0 Å². The lowest BCUT2D eigenvalue weighted by atomic mass is 10.1. The number of hydrogen-bond donors (Lipinski definition) is 0. The molecular formula is C11H12F5N. The van der Waals surface area contributed by atoms with Gasteiger partial charge in [0.1, 0.15) is 0 Å². The summed E-state index contributed by atoms with van der Waals surface area (Å²) in [5.74, 6) is -1.95. The van der Waals surface area contributed by atoms with E-state index in [4.69, 9.17) is 0 Å². The van der Waals surface area contributed by atoms with Crippen LogP contribution in [0.1, 0.15) is 5.56 Å². The van der Waals surface area contributed by atoms with Gasteiger partial charge in [-0.05, 0) is 31.2 Å². The average molecular weight is 253 g/mol. The third-order valence-corrected chi connectivity index (χ3v) is 2.22. The molecule has 0 fully saturated rings. The molecule has 0 aromatic heterocycles. The zero-order valence-corrected chi connectivity index (χ0v) is 9.19. The summed E-state index contributed by atoms with van der Waals surface area (Å²) in [7, 11) is 1.33. The van der Waals surface area contributed by atoms with Crippen LogP contribution in [0.4, 0.5) is 22.0 Å². The van der Waals surface area contributed by atoms with Gasteiger partial charge in [0.25, 0.3) is 0 Å². The van der Waals surface area contributed by atoms with Crippen molar-refractivity contribution in [1.29, 1.82) is 0 Å². The Labute approximate surface area is 95.8 Å². The van der Waals surface area contributed by atoms with Gasteiger partial charge in [0, 0.05) is 6.54 Å². The molecule has 17 heavy (non-hydrogen) atoms. The number of likely N-dealkylation sites (N-methyl/N-ethyl adjacent to an activating group) is 1. The zero-order valence-electron chi connectivity index (χ0n) is 9.19. The summed E-state index contributed by atoms with van der Waals surface area (Å²) >= 11 is 0. The molecule has 0 N–H and O–H groups in total. The van der Waals surface area contributed by atoms with E-state index < -0.39 is 24.4 Å². The van der Waals surface area contributed by atoms with Crippen LogP contribution in [-0.4, -0.2) is 31.2 Å². The van der Waals surface area contributed by atoms with E-state index in [0.717, 1.165) is 17.0 Å². The molecular weight excluding hydrogens is 241 g/mol. The van der Waals surface area contributed by atoms with E-state index >= 15 is 0 Å². The van der Waals surface area contributed by atoms with Crippen LogP contribution >= 0.6 is 0 Å². The van der Waals surface area contributed by atoms with Crippen molar-refractivity contribution < 1.29 is 22.0 Å². The molecule has 0 aliphatic heterocycles. The SMILES string of the molecule is CN(CCc1ccc(F)c(F)c1)CC(F)(F)F. The van der Waals surface area contributed by atoms with Crippen LogP contribution in [0.2, 0.25) is 0 Å². The average Bonchev–Trinajstić information content (AvgIpc) is 2.17. The number of benzene rings is 1. The van der Waals surface area contributed by atoms with Crippen molar-refractivity contribution in [2.75, 3.05) is 20.1 Å². The van der Waals surface area contributed by atoms with Crippen LogP contribution in [0.15, 0.2) is 18.2 Å². The number of nitrogens with zero attached hydrogens (tertiary/aromatic N) is 1. The first kappa shape index (κ1) is 13.9. The Morgan fingerprint density at radius 2 is 1.76 bits per heavy atom. The van der Waals surface area contributed by atoms with Crippen molar-refractivity contribution in [1.82, 2.24) is 4.90 Å². The molecule has 0 saturated carbocycles. The first-order valence-corrected chi connectivity index (χ1v) is 4.97. The van der Waals surface area contributed by atoms with Gasteiger partial charge in [0.15, 0.2) is 11.6 Å².